The molecule has 0 unspecified atom stereocenters. The maximum atomic E-state index is 2.41. The first kappa shape index (κ1) is 16.2. The van der Waals surface area contributed by atoms with Crippen molar-refractivity contribution in [2.45, 2.75) is 6.92 Å². The Morgan fingerprint density at radius 3 is 2.03 bits per heavy atom. The van der Waals surface area contributed by atoms with E-state index in [1.807, 2.05) is 0 Å². The van der Waals surface area contributed by atoms with Gasteiger partial charge in [0.15, 0.2) is 0 Å². The van der Waals surface area contributed by atoms with Crippen LogP contribution in [0.5, 0.6) is 0 Å². The molecule has 0 aliphatic carbocycles. The molecule has 3 heterocycles. The van der Waals surface area contributed by atoms with E-state index < -0.39 is 0 Å². The highest BCUT2D eigenvalue weighted by atomic mass is 15.0. The third kappa shape index (κ3) is 2.23. The second-order valence-electron chi connectivity index (χ2n) is 7.51. The summed E-state index contributed by atoms with van der Waals surface area (Å²) in [4.78, 5) is 0. The van der Waals surface area contributed by atoms with E-state index in [1.54, 1.807) is 0 Å². The molecule has 0 amide bonds. The first-order valence-electron chi connectivity index (χ1n) is 9.98. The van der Waals surface area contributed by atoms with E-state index >= 15 is 0 Å². The highest BCUT2D eigenvalue weighted by Crippen LogP contribution is 2.42. The van der Waals surface area contributed by atoms with Crippen molar-refractivity contribution in [1.82, 2.24) is 8.97 Å². The predicted molar refractivity (Wildman–Crippen MR) is 122 cm³/mol. The van der Waals surface area contributed by atoms with Gasteiger partial charge in [-0.15, -0.1) is 0 Å². The van der Waals surface area contributed by atoms with E-state index in [0.717, 1.165) is 0 Å². The number of pyridine rings is 1. The van der Waals surface area contributed by atoms with Crippen LogP contribution in [0.15, 0.2) is 103 Å². The fourth-order valence-electron chi connectivity index (χ4n) is 4.65. The number of fused-ring (bicyclic) bond motifs is 5. The van der Waals surface area contributed by atoms with Crippen LogP contribution in [-0.2, 0) is 0 Å². The summed E-state index contributed by atoms with van der Waals surface area (Å²) in [6, 6.07) is 36.7. The van der Waals surface area contributed by atoms with Crippen molar-refractivity contribution in [3.8, 4) is 16.9 Å². The minimum atomic E-state index is 1.19. The van der Waals surface area contributed by atoms with Crippen LogP contribution in [0.1, 0.15) is 5.69 Å². The number of aromatic nitrogens is 2. The average Bonchev–Trinajstić information content (AvgIpc) is 3.29. The van der Waals surface area contributed by atoms with Crippen LogP contribution < -0.4 is 0 Å². The van der Waals surface area contributed by atoms with Crippen LogP contribution >= 0.6 is 0 Å². The van der Waals surface area contributed by atoms with Gasteiger partial charge in [-0.2, -0.15) is 0 Å². The number of aryl methyl sites for hydroxylation is 1. The predicted octanol–water partition coefficient (Wildman–Crippen LogP) is 7.01. The molecule has 2 heteroatoms. The molecule has 0 radical (unpaired) electrons. The molecule has 0 fully saturated rings. The van der Waals surface area contributed by atoms with E-state index in [-0.39, 0.29) is 0 Å². The van der Waals surface area contributed by atoms with E-state index in [1.165, 1.54) is 50.0 Å². The molecule has 0 atom stereocenters. The monoisotopic (exact) mass is 372 g/mol. The van der Waals surface area contributed by atoms with Crippen molar-refractivity contribution in [2.75, 3.05) is 0 Å². The van der Waals surface area contributed by atoms with Gasteiger partial charge in [0.1, 0.15) is 0 Å². The van der Waals surface area contributed by atoms with Crippen LogP contribution in [0, 0.1) is 6.92 Å². The molecule has 0 spiro atoms. The van der Waals surface area contributed by atoms with Gasteiger partial charge in [-0.3, -0.25) is 0 Å². The van der Waals surface area contributed by atoms with Gasteiger partial charge in [0.2, 0.25) is 0 Å². The van der Waals surface area contributed by atoms with Crippen LogP contribution in [0.4, 0.5) is 0 Å². The lowest BCUT2D eigenvalue weighted by molar-refractivity contribution is 1.10. The molecule has 2 nitrogen and oxygen atoms in total. The normalized spacial score (nSPS) is 11.6. The minimum absolute atomic E-state index is 1.19. The summed E-state index contributed by atoms with van der Waals surface area (Å²) >= 11 is 0. The van der Waals surface area contributed by atoms with Crippen LogP contribution in [0.2, 0.25) is 0 Å². The third-order valence-electron chi connectivity index (χ3n) is 5.82. The van der Waals surface area contributed by atoms with Gasteiger partial charge in [0.05, 0.1) is 22.2 Å². The Morgan fingerprint density at radius 2 is 1.24 bits per heavy atom. The summed E-state index contributed by atoms with van der Waals surface area (Å²) in [5.41, 5.74) is 8.67. The molecule has 6 rings (SSSR count). The SMILES string of the molecule is Cc1cccc2c3c(c(-c4ccccc4)n12)c1ccccc1n3-c1ccccc1. The summed E-state index contributed by atoms with van der Waals surface area (Å²) in [7, 11) is 0. The van der Waals surface area contributed by atoms with E-state index in [2.05, 4.69) is 119 Å². The fourth-order valence-corrected chi connectivity index (χ4v) is 4.65. The van der Waals surface area contributed by atoms with Crippen LogP contribution in [-0.4, -0.2) is 8.97 Å². The molecule has 0 saturated heterocycles. The molecule has 0 saturated carbocycles. The Kier molecular flexibility index (Phi) is 3.41. The smallest absolute Gasteiger partial charge is 0.0803 e. The van der Waals surface area contributed by atoms with Gasteiger partial charge >= 0.3 is 0 Å². The Bertz CT molecular complexity index is 1490. The third-order valence-corrected chi connectivity index (χ3v) is 5.82. The van der Waals surface area contributed by atoms with Crippen molar-refractivity contribution >= 4 is 27.3 Å². The molecule has 3 aromatic carbocycles. The Morgan fingerprint density at radius 1 is 0.586 bits per heavy atom. The number of hydrogen-bond acceptors (Lipinski definition) is 0. The maximum absolute atomic E-state index is 2.41. The Labute approximate surface area is 169 Å². The molecule has 29 heavy (non-hydrogen) atoms. The molecule has 0 N–H and O–H groups in total. The van der Waals surface area contributed by atoms with Crippen molar-refractivity contribution < 1.29 is 0 Å². The Balaban J connectivity index is 1.93. The largest absolute Gasteiger partial charge is 0.311 e. The van der Waals surface area contributed by atoms with Crippen molar-refractivity contribution in [2.24, 2.45) is 0 Å². The van der Waals surface area contributed by atoms with Crippen molar-refractivity contribution in [3.05, 3.63) is 109 Å². The number of benzene rings is 3. The molecule has 0 bridgehead atoms. The summed E-state index contributed by atoms with van der Waals surface area (Å²) < 4.78 is 4.82. The minimum Gasteiger partial charge on any atom is -0.311 e. The summed E-state index contributed by atoms with van der Waals surface area (Å²) in [6.07, 6.45) is 0. The standard InChI is InChI=1S/C27H20N2/c1-19-11-10-18-24-27-25(26(28(19)24)20-12-4-2-5-13-20)22-16-8-9-17-23(22)29(27)21-14-6-3-7-15-21/h2-18H,1H3. The molecule has 3 aromatic heterocycles. The molecular formula is C27H20N2. The zero-order valence-electron chi connectivity index (χ0n) is 16.2. The quantitative estimate of drug-likeness (QED) is 0.309. The lowest BCUT2D eigenvalue weighted by Crippen LogP contribution is -1.96. The number of hydrogen-bond donors (Lipinski definition) is 0. The second kappa shape index (κ2) is 6.11. The van der Waals surface area contributed by atoms with E-state index in [4.69, 9.17) is 0 Å². The van der Waals surface area contributed by atoms with Gasteiger partial charge in [-0.1, -0.05) is 72.8 Å². The first-order chi connectivity index (χ1) is 14.3. The average molecular weight is 372 g/mol. The first-order valence-corrected chi connectivity index (χ1v) is 9.98. The van der Waals surface area contributed by atoms with Gasteiger partial charge in [-0.05, 0) is 42.8 Å². The molecule has 0 aliphatic heterocycles. The zero-order chi connectivity index (χ0) is 19.4. The highest BCUT2D eigenvalue weighted by Gasteiger charge is 2.22. The molecule has 138 valence electrons. The summed E-state index contributed by atoms with van der Waals surface area (Å²) in [6.45, 7) is 2.19. The number of nitrogens with zero attached hydrogens (tertiary/aromatic N) is 2. The van der Waals surface area contributed by atoms with Gasteiger partial charge in [0, 0.05) is 22.2 Å². The van der Waals surface area contributed by atoms with E-state index in [9.17, 15) is 0 Å². The van der Waals surface area contributed by atoms with Crippen molar-refractivity contribution in [3.63, 3.8) is 0 Å². The Hall–Kier alpha value is -3.78. The fraction of sp³-hybridized carbons (Fsp3) is 0.0370. The van der Waals surface area contributed by atoms with Crippen LogP contribution in [0.3, 0.4) is 0 Å². The number of para-hydroxylation sites is 2. The van der Waals surface area contributed by atoms with Gasteiger partial charge in [0.25, 0.3) is 0 Å². The second-order valence-corrected chi connectivity index (χ2v) is 7.51. The molecule has 6 aromatic rings. The van der Waals surface area contributed by atoms with Gasteiger partial charge < -0.3 is 8.97 Å². The lowest BCUT2D eigenvalue weighted by Gasteiger charge is -2.10. The molecular weight excluding hydrogens is 352 g/mol. The topological polar surface area (TPSA) is 9.34 Å². The number of rotatable bonds is 2. The van der Waals surface area contributed by atoms with Gasteiger partial charge in [-0.25, -0.2) is 0 Å². The van der Waals surface area contributed by atoms with Crippen molar-refractivity contribution in [1.29, 1.82) is 0 Å². The summed E-state index contributed by atoms with van der Waals surface area (Å²) in [5.74, 6) is 0. The lowest BCUT2D eigenvalue weighted by atomic mass is 10.1. The summed E-state index contributed by atoms with van der Waals surface area (Å²) in [5, 5.41) is 2.60. The molecule has 0 aliphatic rings. The van der Waals surface area contributed by atoms with E-state index in [0.29, 0.717) is 0 Å². The van der Waals surface area contributed by atoms with Crippen LogP contribution in [0.25, 0.3) is 44.3 Å². The maximum Gasteiger partial charge on any atom is 0.0803 e. The highest BCUT2D eigenvalue weighted by molar-refractivity contribution is 6.20. The zero-order valence-corrected chi connectivity index (χ0v) is 16.2.